The van der Waals surface area contributed by atoms with Crippen molar-refractivity contribution in [2.75, 3.05) is 0 Å². The van der Waals surface area contributed by atoms with E-state index in [0.717, 1.165) is 0 Å². The molecular weight excluding hydrogens is 103 g/mol. The van der Waals surface area contributed by atoms with Crippen LogP contribution in [0, 0.1) is 0 Å². The Morgan fingerprint density at radius 3 is 1.50 bits per heavy atom. The summed E-state index contributed by atoms with van der Waals surface area (Å²) in [7, 11) is 0.611. The molecule has 0 aliphatic carbocycles. The fraction of sp³-hybridized carbons (Fsp3) is 0. The predicted molar refractivity (Wildman–Crippen MR) is 15.0 cm³/mol. The van der Waals surface area contributed by atoms with Gasteiger partial charge in [-0.1, -0.05) is 0 Å². The third kappa shape index (κ3) is 14.2. The van der Waals surface area contributed by atoms with Gasteiger partial charge < -0.3 is 4.46 Å². The van der Waals surface area contributed by atoms with Crippen LogP contribution in [0.15, 0.2) is 0 Å². The average Bonchev–Trinajstić information content (AvgIpc) is 1.50. The Labute approximate surface area is 39.9 Å². The van der Waals surface area contributed by atoms with E-state index in [-0.39, 0.29) is 0 Å². The zero-order valence-corrected chi connectivity index (χ0v) is 5.17. The van der Waals surface area contributed by atoms with Gasteiger partial charge in [-0.3, -0.25) is 0 Å². The first kappa shape index (κ1) is 8.84. The summed E-state index contributed by atoms with van der Waals surface area (Å²) in [5, 5.41) is 4.50. The molecule has 0 aliphatic heterocycles. The van der Waals surface area contributed by atoms with E-state index in [2.05, 4.69) is 5.38 Å². The Balaban J connectivity index is 0. The van der Waals surface area contributed by atoms with Crippen molar-refractivity contribution in [3.05, 3.63) is 0 Å². The number of hydrogen-bond donors (Lipinski definition) is 0. The van der Waals surface area contributed by atoms with Gasteiger partial charge in [0.2, 0.25) is 10.1 Å². The standard InChI is InChI=1S/B.H2OSi.Ti/c;1-2;/h;2H2;. The van der Waals surface area contributed by atoms with Gasteiger partial charge in [-0.05, 0) is 0 Å². The van der Waals surface area contributed by atoms with E-state index in [4.69, 9.17) is 4.46 Å². The van der Waals surface area contributed by atoms with E-state index in [1.54, 1.807) is 0 Å². The van der Waals surface area contributed by atoms with Gasteiger partial charge in [0.05, 0.1) is 0 Å². The molecule has 0 unspecified atom stereocenters. The normalized spacial score (nSPS) is 3.00. The molecule has 0 aromatic heterocycles. The average molecular weight is 105 g/mol. The van der Waals surface area contributed by atoms with Gasteiger partial charge in [-0.2, -0.15) is 0 Å². The van der Waals surface area contributed by atoms with Crippen LogP contribution in [0.1, 0.15) is 0 Å². The Morgan fingerprint density at radius 2 is 1.50 bits per heavy atom. The molecule has 0 amide bonds. The van der Waals surface area contributed by atoms with Crippen molar-refractivity contribution in [3.63, 3.8) is 0 Å². The van der Waals surface area contributed by atoms with E-state index in [1.807, 2.05) is 0 Å². The van der Waals surface area contributed by atoms with Crippen LogP contribution in [0.25, 0.3) is 0 Å². The van der Waals surface area contributed by atoms with E-state index in [0.29, 0.717) is 10.1 Å². The van der Waals surface area contributed by atoms with Crippen molar-refractivity contribution in [2.45, 2.75) is 0 Å². The van der Waals surface area contributed by atoms with Crippen molar-refractivity contribution < 1.29 is 24.0 Å². The van der Waals surface area contributed by atoms with Crippen LogP contribution in [-0.2, 0) is 24.0 Å². The van der Waals surface area contributed by atoms with E-state index < -0.39 is 0 Å². The second kappa shape index (κ2) is 46.8. The monoisotopic (exact) mass is 105 g/mol. The first-order valence-electron chi connectivity index (χ1n) is 0.577. The van der Waals surface area contributed by atoms with Crippen LogP contribution in [0.3, 0.4) is 0 Å². The van der Waals surface area contributed by atoms with E-state index in [9.17, 15) is 0 Å². The first-order valence-corrected chi connectivity index (χ1v) is 2.06. The van der Waals surface area contributed by atoms with Gasteiger partial charge >= 0.3 is 24.9 Å². The fourth-order valence-corrected chi connectivity index (χ4v) is 0. The van der Waals surface area contributed by atoms with Crippen molar-refractivity contribution in [1.29, 1.82) is 0 Å². The van der Waals surface area contributed by atoms with Crippen molar-refractivity contribution >= 4 is 15.5 Å². The molecule has 0 spiro atoms. The van der Waals surface area contributed by atoms with Gasteiger partial charge in [0.15, 0.2) is 0 Å². The second-order valence-electron chi connectivity index (χ2n) is 0. The molecule has 0 bridgehead atoms. The Kier molecular flexibility index (Phi) is 103. The Bertz CT molecular complexity index is 19.2. The molecule has 0 fully saturated rings. The molecule has 0 heterocycles. The molecule has 4 heteroatoms. The third-order valence-corrected chi connectivity index (χ3v) is 0. The molecule has 0 aromatic carbocycles. The molecule has 19 valence electrons. The molecule has 0 saturated carbocycles. The molecule has 0 aromatic rings. The van der Waals surface area contributed by atoms with Crippen LogP contribution in [0.5, 0.6) is 0 Å². The van der Waals surface area contributed by atoms with Crippen LogP contribution in [-0.4, -0.2) is 15.5 Å². The summed E-state index contributed by atoms with van der Waals surface area (Å²) in [6, 6.07) is 0. The summed E-state index contributed by atoms with van der Waals surface area (Å²) in [6.07, 6.45) is 0. The van der Waals surface area contributed by atoms with Crippen LogP contribution >= 0.6 is 0 Å². The van der Waals surface area contributed by atoms with Crippen LogP contribution in [0.2, 0.25) is 0 Å². The predicted octanol–water partition coefficient (Wildman–Crippen LogP) is -1.42. The summed E-state index contributed by atoms with van der Waals surface area (Å²) >= 11 is 1.50. The second-order valence-corrected chi connectivity index (χ2v) is 0. The maximum absolute atomic E-state index is 8.28. The quantitative estimate of drug-likeness (QED) is 0.345. The van der Waals surface area contributed by atoms with Gasteiger partial charge in [0, 0.05) is 0 Å². The van der Waals surface area contributed by atoms with Gasteiger partial charge in [0.25, 0.3) is 0 Å². The van der Waals surface area contributed by atoms with Crippen molar-refractivity contribution in [3.8, 4) is 0 Å². The molecule has 4 heavy (non-hydrogen) atoms. The van der Waals surface area contributed by atoms with E-state index >= 15 is 0 Å². The van der Waals surface area contributed by atoms with Crippen molar-refractivity contribution in [2.24, 2.45) is 0 Å². The maximum atomic E-state index is 8.28. The van der Waals surface area contributed by atoms with Gasteiger partial charge in [0.1, 0.15) is 0 Å². The summed E-state index contributed by atoms with van der Waals surface area (Å²) in [6.45, 7) is 0. The van der Waals surface area contributed by atoms with Gasteiger partial charge in [-0.15, -0.1) is 0 Å². The topological polar surface area (TPSA) is 17.1 Å². The zero-order chi connectivity index (χ0) is 4.00. The van der Waals surface area contributed by atoms with Crippen LogP contribution < -0.4 is 0 Å². The summed E-state index contributed by atoms with van der Waals surface area (Å²) in [5.41, 5.74) is 0. The molecule has 0 radical (unpaired) electrons. The first-order chi connectivity index (χ1) is 2.00. The molecule has 0 atom stereocenters. The molecule has 0 rings (SSSR count). The minimum atomic E-state index is 0.611. The molecule has 0 aliphatic rings. The fourth-order valence-electron chi connectivity index (χ4n) is 0. The molecule has 0 saturated heterocycles. The summed E-state index contributed by atoms with van der Waals surface area (Å²) in [4.78, 5) is 0. The van der Waals surface area contributed by atoms with Gasteiger partial charge in [-0.25, -0.2) is 0 Å². The Morgan fingerprint density at radius 1 is 1.50 bits per heavy atom. The molecule has 0 N–H and O–H groups in total. The minimum absolute atomic E-state index is 0.611. The Hall–Kier alpha value is 0.796. The molecule has 1 nitrogen and oxygen atoms in total. The number of rotatable bonds is 0. The summed E-state index contributed by atoms with van der Waals surface area (Å²) in [5.74, 6) is 0. The zero-order valence-electron chi connectivity index (χ0n) is 2.19. The van der Waals surface area contributed by atoms with E-state index in [1.165, 1.54) is 19.5 Å². The summed E-state index contributed by atoms with van der Waals surface area (Å²) < 4.78 is 8.28. The van der Waals surface area contributed by atoms with Crippen LogP contribution in [0.4, 0.5) is 0 Å². The number of hydrogen-bond acceptors (Lipinski definition) is 1. The van der Waals surface area contributed by atoms with Crippen molar-refractivity contribution in [1.82, 2.24) is 0 Å². The third-order valence-electron chi connectivity index (χ3n) is 0. The SMILES string of the molecule is O=[SiH2].[B]#[Ti]. The molecular formula is H2BOSiTi.